The van der Waals surface area contributed by atoms with Crippen molar-refractivity contribution < 1.29 is 97.5 Å². The van der Waals surface area contributed by atoms with Crippen molar-refractivity contribution in [2.75, 3.05) is 19.6 Å². The van der Waals surface area contributed by atoms with Crippen LogP contribution in [0.5, 0.6) is 17.2 Å². The van der Waals surface area contributed by atoms with Gasteiger partial charge < -0.3 is 18.4 Å². The Morgan fingerprint density at radius 1 is 0.360 bits per heavy atom. The largest absolute Gasteiger partial charge is 0.864 e. The van der Waals surface area contributed by atoms with Crippen molar-refractivity contribution in [2.24, 2.45) is 0 Å². The van der Waals surface area contributed by atoms with E-state index in [4.69, 9.17) is 14.0 Å². The Bertz CT molecular complexity index is 2000. The second-order valence-electron chi connectivity index (χ2n) is 19.1. The van der Waals surface area contributed by atoms with Crippen LogP contribution in [0.4, 0.5) is 79.0 Å². The molecule has 75 heavy (non-hydrogen) atoms. The van der Waals surface area contributed by atoms with Crippen LogP contribution in [0.15, 0.2) is 48.5 Å². The maximum Gasteiger partial charge on any atom is 0.864 e. The summed E-state index contributed by atoms with van der Waals surface area (Å²) in [6.45, 7) is 8.05. The predicted molar refractivity (Wildman–Crippen MR) is 250 cm³/mol. The van der Waals surface area contributed by atoms with Gasteiger partial charge in [0.2, 0.25) is 0 Å². The third-order valence-electron chi connectivity index (χ3n) is 13.0. The highest BCUT2D eigenvalue weighted by Gasteiger charge is 2.49. The van der Waals surface area contributed by atoms with E-state index in [0.29, 0.717) is 51.4 Å². The van der Waals surface area contributed by atoms with Crippen molar-refractivity contribution in [1.29, 1.82) is 0 Å². The molecular weight excluding hydrogens is 1040 g/mol. The summed E-state index contributed by atoms with van der Waals surface area (Å²) >= 11 is 0. The lowest BCUT2D eigenvalue weighted by molar-refractivity contribution is -0.958. The Morgan fingerprint density at radius 2 is 0.667 bits per heavy atom. The lowest BCUT2D eigenvalue weighted by Crippen LogP contribution is -2.53. The standard InChI is InChI=1S/C52H67BF18NO3/c1-5-9-13-14-15-16-17-18-19-20-21-22-23-24-44(72(25-10-6-2,26-11-7-3)27-12-8-4)46-43(52(69,70)71)34-40(51(66,67)68)35-45(46)75-53(73-41-30-36(47(54,55)56)28-37(31-41)48(57,58)59)74-42-32-38(49(60,61)62)29-39(33-42)50(63,64)65/h28-35,44H,5-27H2,1-4H3/q+1. The molecule has 0 aliphatic carbocycles. The molecule has 0 spiro atoms. The minimum atomic E-state index is -5.65. The van der Waals surface area contributed by atoms with E-state index in [2.05, 4.69) is 6.92 Å². The average molecular weight is 1110 g/mol. The van der Waals surface area contributed by atoms with Crippen molar-refractivity contribution in [1.82, 2.24) is 0 Å². The number of unbranched alkanes of at least 4 members (excludes halogenated alkanes) is 15. The van der Waals surface area contributed by atoms with Crippen LogP contribution in [0.1, 0.15) is 201 Å². The van der Waals surface area contributed by atoms with Gasteiger partial charge in [-0.15, -0.1) is 0 Å². The van der Waals surface area contributed by atoms with Crippen LogP contribution < -0.4 is 14.0 Å². The van der Waals surface area contributed by atoms with E-state index in [0.717, 1.165) is 57.8 Å². The van der Waals surface area contributed by atoms with E-state index in [9.17, 15) is 65.9 Å². The molecule has 3 aromatic rings. The number of hydrogen-bond donors (Lipinski definition) is 0. The molecule has 0 heterocycles. The molecule has 0 radical (unpaired) electrons. The topological polar surface area (TPSA) is 27.7 Å². The van der Waals surface area contributed by atoms with Gasteiger partial charge in [0.1, 0.15) is 23.3 Å². The molecule has 0 saturated carbocycles. The summed E-state index contributed by atoms with van der Waals surface area (Å²) in [6, 6.07) is -2.75. The van der Waals surface area contributed by atoms with Gasteiger partial charge in [0.15, 0.2) is 0 Å². The Balaban J connectivity index is 2.43. The summed E-state index contributed by atoms with van der Waals surface area (Å²) in [6.07, 6.45) is -19.4. The highest BCUT2D eigenvalue weighted by Crippen LogP contribution is 2.50. The zero-order valence-corrected chi connectivity index (χ0v) is 42.5. The lowest BCUT2D eigenvalue weighted by Gasteiger charge is -2.47. The van der Waals surface area contributed by atoms with Crippen molar-refractivity contribution in [2.45, 2.75) is 199 Å². The number of benzene rings is 3. The van der Waals surface area contributed by atoms with Crippen LogP contribution in [0, 0.1) is 0 Å². The van der Waals surface area contributed by atoms with Crippen molar-refractivity contribution in [3.05, 3.63) is 87.5 Å². The second-order valence-corrected chi connectivity index (χ2v) is 19.1. The van der Waals surface area contributed by atoms with Crippen LogP contribution >= 0.6 is 0 Å². The van der Waals surface area contributed by atoms with Crippen molar-refractivity contribution in [3.63, 3.8) is 0 Å². The fourth-order valence-corrected chi connectivity index (χ4v) is 9.12. The number of halogens is 18. The van der Waals surface area contributed by atoms with Crippen LogP contribution in [0.2, 0.25) is 0 Å². The smallest absolute Gasteiger partial charge is 0.490 e. The molecule has 4 nitrogen and oxygen atoms in total. The summed E-state index contributed by atoms with van der Waals surface area (Å²) in [7, 11) is -3.27. The third kappa shape index (κ3) is 20.9. The maximum absolute atomic E-state index is 15.7. The highest BCUT2D eigenvalue weighted by molar-refractivity contribution is 6.39. The van der Waals surface area contributed by atoms with Gasteiger partial charge in [0.05, 0.1) is 58.6 Å². The van der Waals surface area contributed by atoms with E-state index < -0.39 is 107 Å². The van der Waals surface area contributed by atoms with Crippen LogP contribution in [0.25, 0.3) is 0 Å². The zero-order valence-electron chi connectivity index (χ0n) is 42.5. The van der Waals surface area contributed by atoms with Crippen molar-refractivity contribution >= 4 is 7.32 Å². The second kappa shape index (κ2) is 28.4. The average Bonchev–Trinajstić information content (AvgIpc) is 3.29. The van der Waals surface area contributed by atoms with E-state index in [1.807, 2.05) is 0 Å². The fourth-order valence-electron chi connectivity index (χ4n) is 9.12. The van der Waals surface area contributed by atoms with Gasteiger partial charge in [-0.2, -0.15) is 79.0 Å². The molecule has 426 valence electrons. The zero-order chi connectivity index (χ0) is 56.5. The predicted octanol–water partition coefficient (Wildman–Crippen LogP) is 20.1. The Kier molecular flexibility index (Phi) is 24.7. The number of quaternary nitrogens is 1. The van der Waals surface area contributed by atoms with Gasteiger partial charge in [-0.25, -0.2) is 0 Å². The lowest BCUT2D eigenvalue weighted by atomic mass is 9.88. The van der Waals surface area contributed by atoms with Crippen LogP contribution in [-0.4, -0.2) is 31.4 Å². The first-order chi connectivity index (χ1) is 34.8. The molecule has 0 N–H and O–H groups in total. The molecule has 1 unspecified atom stereocenters. The minimum absolute atomic E-state index is 0.0653. The maximum atomic E-state index is 15.7. The fraction of sp³-hybridized carbons (Fsp3) is 0.654. The molecule has 0 aliphatic heterocycles. The number of nitrogens with zero attached hydrogens (tertiary/aromatic N) is 1. The normalized spacial score (nSPS) is 13.6. The van der Waals surface area contributed by atoms with E-state index >= 15 is 13.2 Å². The molecule has 0 amide bonds. The van der Waals surface area contributed by atoms with Crippen molar-refractivity contribution in [3.8, 4) is 17.2 Å². The molecule has 23 heteroatoms. The molecule has 1 atom stereocenters. The first-order valence-electron chi connectivity index (χ1n) is 25.6. The van der Waals surface area contributed by atoms with Gasteiger partial charge in [0.25, 0.3) is 0 Å². The van der Waals surface area contributed by atoms with E-state index in [1.165, 1.54) is 6.42 Å². The number of rotatable bonds is 31. The molecule has 0 bridgehead atoms. The van der Waals surface area contributed by atoms with Crippen LogP contribution in [-0.2, 0) is 37.1 Å². The molecule has 0 aromatic heterocycles. The SMILES string of the molecule is CCCCCCCCCCCCCCCC(c1c(OB(Oc2cc(C(F)(F)F)cc(C(F)(F)F)c2)Oc2cc(C(F)(F)F)cc(C(F)(F)F)c2)cc(C(F)(F)F)cc1C(F)(F)F)[N+](CCCC)(CCCC)CCCC. The highest BCUT2D eigenvalue weighted by atomic mass is 19.4. The van der Waals surface area contributed by atoms with E-state index in [-0.39, 0.29) is 85.5 Å². The summed E-state index contributed by atoms with van der Waals surface area (Å²) in [5.74, 6) is -4.52. The van der Waals surface area contributed by atoms with Gasteiger partial charge in [-0.05, 0) is 74.2 Å². The molecule has 3 aromatic carbocycles. The third-order valence-corrected chi connectivity index (χ3v) is 13.0. The van der Waals surface area contributed by atoms with Gasteiger partial charge >= 0.3 is 44.4 Å². The first-order valence-corrected chi connectivity index (χ1v) is 25.6. The first kappa shape index (κ1) is 65.1. The quantitative estimate of drug-likeness (QED) is 0.0278. The summed E-state index contributed by atoms with van der Waals surface area (Å²) < 4.78 is 276. The molecule has 0 aliphatic rings. The monoisotopic (exact) mass is 1110 g/mol. The van der Waals surface area contributed by atoms with Crippen LogP contribution in [0.3, 0.4) is 0 Å². The summed E-state index contributed by atoms with van der Waals surface area (Å²) in [5, 5.41) is 0. The van der Waals surface area contributed by atoms with Gasteiger partial charge in [0, 0.05) is 6.42 Å². The summed E-state index contributed by atoms with van der Waals surface area (Å²) in [4.78, 5) is 0. The van der Waals surface area contributed by atoms with Gasteiger partial charge in [-0.1, -0.05) is 124 Å². The van der Waals surface area contributed by atoms with Gasteiger partial charge in [-0.3, -0.25) is 0 Å². The summed E-state index contributed by atoms with van der Waals surface area (Å²) in [5.41, 5.74) is -13.2. The molecular formula is C52H67BF18NO3+. The number of alkyl halides is 18. The Labute approximate surface area is 427 Å². The molecule has 0 saturated heterocycles. The van der Waals surface area contributed by atoms with E-state index in [1.54, 1.807) is 20.8 Å². The Morgan fingerprint density at radius 3 is 0.973 bits per heavy atom. The Hall–Kier alpha value is -4.18. The molecule has 3 rings (SSSR count). The molecule has 0 fully saturated rings. The number of hydrogen-bond acceptors (Lipinski definition) is 3. The minimum Gasteiger partial charge on any atom is -0.490 e.